The molecule has 0 aromatic heterocycles. The Bertz CT molecular complexity index is 399. The van der Waals surface area contributed by atoms with E-state index in [1.54, 1.807) is 12.1 Å². The average Bonchev–Trinajstić information content (AvgIpc) is 2.18. The van der Waals surface area contributed by atoms with Gasteiger partial charge in [0, 0.05) is 5.56 Å². The molecule has 0 spiro atoms. The highest BCUT2D eigenvalue weighted by Crippen LogP contribution is 2.20. The Morgan fingerprint density at radius 2 is 1.93 bits per heavy atom. The third-order valence-corrected chi connectivity index (χ3v) is 2.00. The van der Waals surface area contributed by atoms with E-state index in [0.717, 1.165) is 0 Å². The monoisotopic (exact) mass is 207 g/mol. The van der Waals surface area contributed by atoms with Crippen LogP contribution in [0, 0.1) is 0 Å². The van der Waals surface area contributed by atoms with E-state index >= 15 is 0 Å². The quantitative estimate of drug-likeness (QED) is 0.598. The van der Waals surface area contributed by atoms with Crippen molar-refractivity contribution in [3.8, 4) is 5.75 Å². The molecule has 0 aliphatic rings. The van der Waals surface area contributed by atoms with Gasteiger partial charge in [-0.15, -0.1) is 0 Å². The molecule has 0 atom stereocenters. The van der Waals surface area contributed by atoms with Gasteiger partial charge in [-0.25, -0.2) is 0 Å². The van der Waals surface area contributed by atoms with Crippen molar-refractivity contribution in [3.63, 3.8) is 0 Å². The lowest BCUT2D eigenvalue weighted by atomic mass is 10.0. The molecule has 1 rings (SSSR count). The van der Waals surface area contributed by atoms with Crippen LogP contribution in [0.2, 0.25) is 0 Å². The summed E-state index contributed by atoms with van der Waals surface area (Å²) in [6, 6.07) is 4.72. The van der Waals surface area contributed by atoms with Crippen LogP contribution >= 0.6 is 0 Å². The van der Waals surface area contributed by atoms with Crippen LogP contribution in [0.15, 0.2) is 18.2 Å². The summed E-state index contributed by atoms with van der Waals surface area (Å²) in [5.74, 6) is 0.174. The van der Waals surface area contributed by atoms with Gasteiger partial charge in [0.2, 0.25) is 0 Å². The van der Waals surface area contributed by atoms with Gasteiger partial charge in [0.05, 0.1) is 5.56 Å². The standard InChI is InChI=1S/C11H13NO3/c1-7(13)9-3-4-11(15-6-12)10(5-9)8(2)14/h3-5H,6,12H2,1-2H3. The lowest BCUT2D eigenvalue weighted by Crippen LogP contribution is -2.10. The highest BCUT2D eigenvalue weighted by atomic mass is 16.5. The summed E-state index contributed by atoms with van der Waals surface area (Å²) < 4.78 is 5.08. The molecule has 0 unspecified atom stereocenters. The molecule has 0 aliphatic heterocycles. The van der Waals surface area contributed by atoms with Gasteiger partial charge in [0.15, 0.2) is 11.6 Å². The summed E-state index contributed by atoms with van der Waals surface area (Å²) in [6.45, 7) is 2.87. The van der Waals surface area contributed by atoms with Crippen molar-refractivity contribution < 1.29 is 14.3 Å². The van der Waals surface area contributed by atoms with E-state index in [4.69, 9.17) is 10.5 Å². The Labute approximate surface area is 88.0 Å². The molecular formula is C11H13NO3. The van der Waals surface area contributed by atoms with Gasteiger partial charge in [-0.2, -0.15) is 0 Å². The topological polar surface area (TPSA) is 69.4 Å². The Morgan fingerprint density at radius 3 is 2.40 bits per heavy atom. The molecule has 1 aromatic carbocycles. The van der Waals surface area contributed by atoms with Crippen LogP contribution in [0.1, 0.15) is 34.6 Å². The molecule has 0 radical (unpaired) electrons. The predicted molar refractivity (Wildman–Crippen MR) is 56.1 cm³/mol. The van der Waals surface area contributed by atoms with Crippen LogP contribution in [0.4, 0.5) is 0 Å². The average molecular weight is 207 g/mol. The Balaban J connectivity index is 3.20. The van der Waals surface area contributed by atoms with Crippen molar-refractivity contribution in [2.75, 3.05) is 6.73 Å². The molecule has 2 N–H and O–H groups in total. The first-order valence-electron chi connectivity index (χ1n) is 4.55. The number of benzene rings is 1. The summed E-state index contributed by atoms with van der Waals surface area (Å²) in [4.78, 5) is 22.4. The number of ketones is 2. The number of carbonyl (C=O) groups excluding carboxylic acids is 2. The zero-order chi connectivity index (χ0) is 11.4. The van der Waals surface area contributed by atoms with Gasteiger partial charge in [-0.05, 0) is 32.0 Å². The number of hydrogen-bond donors (Lipinski definition) is 1. The number of Topliss-reactive ketones (excluding diaryl/α,β-unsaturated/α-hetero) is 2. The summed E-state index contributed by atoms with van der Waals surface area (Å²) >= 11 is 0. The second kappa shape index (κ2) is 4.70. The third-order valence-electron chi connectivity index (χ3n) is 2.00. The van der Waals surface area contributed by atoms with Crippen LogP contribution < -0.4 is 10.5 Å². The number of hydrogen-bond acceptors (Lipinski definition) is 4. The van der Waals surface area contributed by atoms with Crippen LogP contribution in [-0.2, 0) is 0 Å². The second-order valence-electron chi connectivity index (χ2n) is 3.13. The van der Waals surface area contributed by atoms with E-state index in [-0.39, 0.29) is 18.3 Å². The fourth-order valence-corrected chi connectivity index (χ4v) is 1.24. The first-order valence-corrected chi connectivity index (χ1v) is 4.55. The highest BCUT2D eigenvalue weighted by Gasteiger charge is 2.10. The first-order chi connectivity index (χ1) is 7.06. The maximum absolute atomic E-state index is 11.3. The Kier molecular flexibility index (Phi) is 3.57. The summed E-state index contributed by atoms with van der Waals surface area (Å²) in [5, 5.41) is 0. The van der Waals surface area contributed by atoms with Crippen molar-refractivity contribution in [2.24, 2.45) is 5.73 Å². The molecule has 0 saturated carbocycles. The van der Waals surface area contributed by atoms with Gasteiger partial charge in [-0.1, -0.05) is 0 Å². The number of nitrogens with two attached hydrogens (primary N) is 1. The van der Waals surface area contributed by atoms with E-state index in [0.29, 0.717) is 16.9 Å². The zero-order valence-corrected chi connectivity index (χ0v) is 8.74. The smallest absolute Gasteiger partial charge is 0.163 e. The Hall–Kier alpha value is -1.68. The maximum Gasteiger partial charge on any atom is 0.163 e. The molecule has 0 saturated heterocycles. The Morgan fingerprint density at radius 1 is 1.27 bits per heavy atom. The second-order valence-corrected chi connectivity index (χ2v) is 3.13. The summed E-state index contributed by atoms with van der Waals surface area (Å²) in [6.07, 6.45) is 0. The fraction of sp³-hybridized carbons (Fsp3) is 0.273. The van der Waals surface area contributed by atoms with Crippen molar-refractivity contribution in [2.45, 2.75) is 13.8 Å². The minimum Gasteiger partial charge on any atom is -0.478 e. The molecule has 0 fully saturated rings. The lowest BCUT2D eigenvalue weighted by Gasteiger charge is -2.08. The van der Waals surface area contributed by atoms with E-state index in [2.05, 4.69) is 0 Å². The third kappa shape index (κ3) is 2.63. The molecule has 80 valence electrons. The van der Waals surface area contributed by atoms with E-state index in [1.165, 1.54) is 19.9 Å². The fourth-order valence-electron chi connectivity index (χ4n) is 1.24. The number of rotatable bonds is 4. The molecule has 4 heteroatoms. The van der Waals surface area contributed by atoms with Crippen molar-refractivity contribution >= 4 is 11.6 Å². The van der Waals surface area contributed by atoms with Crippen molar-refractivity contribution in [3.05, 3.63) is 29.3 Å². The summed E-state index contributed by atoms with van der Waals surface area (Å²) in [5.41, 5.74) is 6.10. The number of carbonyl (C=O) groups is 2. The van der Waals surface area contributed by atoms with Crippen LogP contribution in [0.3, 0.4) is 0 Å². The number of ether oxygens (including phenoxy) is 1. The van der Waals surface area contributed by atoms with E-state index < -0.39 is 0 Å². The SMILES string of the molecule is CC(=O)c1ccc(OCN)c(C(C)=O)c1. The molecule has 4 nitrogen and oxygen atoms in total. The summed E-state index contributed by atoms with van der Waals surface area (Å²) in [7, 11) is 0. The van der Waals surface area contributed by atoms with Gasteiger partial charge in [-0.3, -0.25) is 15.3 Å². The maximum atomic E-state index is 11.3. The van der Waals surface area contributed by atoms with Gasteiger partial charge in [0.25, 0.3) is 0 Å². The minimum absolute atomic E-state index is 0.000300. The largest absolute Gasteiger partial charge is 0.478 e. The molecule has 0 amide bonds. The van der Waals surface area contributed by atoms with E-state index in [9.17, 15) is 9.59 Å². The van der Waals surface area contributed by atoms with Crippen molar-refractivity contribution in [1.29, 1.82) is 0 Å². The van der Waals surface area contributed by atoms with Gasteiger partial charge >= 0.3 is 0 Å². The van der Waals surface area contributed by atoms with Gasteiger partial charge < -0.3 is 4.74 Å². The molecule has 0 aliphatic carbocycles. The zero-order valence-electron chi connectivity index (χ0n) is 8.74. The van der Waals surface area contributed by atoms with Gasteiger partial charge in [0.1, 0.15) is 12.5 Å². The van der Waals surface area contributed by atoms with Crippen LogP contribution in [0.5, 0.6) is 5.75 Å². The molecular weight excluding hydrogens is 194 g/mol. The molecule has 0 heterocycles. The lowest BCUT2D eigenvalue weighted by molar-refractivity contribution is 0.101. The minimum atomic E-state index is -0.151. The predicted octanol–water partition coefficient (Wildman–Crippen LogP) is 1.39. The van der Waals surface area contributed by atoms with Crippen LogP contribution in [-0.4, -0.2) is 18.3 Å². The normalized spacial score (nSPS) is 9.80. The molecule has 0 bridgehead atoms. The highest BCUT2D eigenvalue weighted by molar-refractivity contribution is 6.01. The van der Waals surface area contributed by atoms with Crippen molar-refractivity contribution in [1.82, 2.24) is 0 Å². The van der Waals surface area contributed by atoms with Crippen LogP contribution in [0.25, 0.3) is 0 Å². The first kappa shape index (κ1) is 11.4. The molecule has 15 heavy (non-hydrogen) atoms. The van der Waals surface area contributed by atoms with E-state index in [1.807, 2.05) is 0 Å². The molecule has 1 aromatic rings.